The summed E-state index contributed by atoms with van der Waals surface area (Å²) in [7, 11) is 0. The Hall–Kier alpha value is -0.160. The zero-order valence-electron chi connectivity index (χ0n) is 14.3. The summed E-state index contributed by atoms with van der Waals surface area (Å²) in [6.07, 6.45) is 13.6. The van der Waals surface area contributed by atoms with E-state index < -0.39 is 0 Å². The van der Waals surface area contributed by atoms with Gasteiger partial charge in [-0.05, 0) is 32.6 Å². The lowest BCUT2D eigenvalue weighted by molar-refractivity contribution is 0.0482. The molecule has 1 aliphatic rings. The molecule has 1 saturated heterocycles. The van der Waals surface area contributed by atoms with Crippen molar-refractivity contribution >= 4 is 0 Å². The summed E-state index contributed by atoms with van der Waals surface area (Å²) in [5.41, 5.74) is 0. The molecular weight excluding hydrogens is 278 g/mol. The number of hydrogen-bond acceptors (Lipinski definition) is 4. The molecule has 0 aromatic rings. The molecule has 1 aliphatic heterocycles. The van der Waals surface area contributed by atoms with Crippen LogP contribution in [0.2, 0.25) is 0 Å². The Labute approximate surface area is 136 Å². The van der Waals surface area contributed by atoms with Crippen LogP contribution in [-0.2, 0) is 0 Å². The Morgan fingerprint density at radius 3 is 2.14 bits per heavy atom. The van der Waals surface area contributed by atoms with Crippen molar-refractivity contribution in [3.63, 3.8) is 0 Å². The molecule has 4 N–H and O–H groups in total. The third-order valence-corrected chi connectivity index (χ3v) is 4.85. The van der Waals surface area contributed by atoms with Gasteiger partial charge in [0.2, 0.25) is 0 Å². The number of unbranched alkanes of at least 4 members (excludes halogenated alkanes) is 7. The molecule has 1 rings (SSSR count). The predicted molar refractivity (Wildman–Crippen MR) is 90.9 cm³/mol. The van der Waals surface area contributed by atoms with Gasteiger partial charge in [0, 0.05) is 6.04 Å². The molecule has 1 heterocycles. The number of aliphatic hydroxyl groups excluding tert-OH is 3. The number of hydrogen-bond donors (Lipinski definition) is 4. The first-order chi connectivity index (χ1) is 10.6. The van der Waals surface area contributed by atoms with Crippen LogP contribution in [0.1, 0.15) is 84.0 Å². The fraction of sp³-hybridized carbons (Fsp3) is 1.00. The van der Waals surface area contributed by atoms with Crippen molar-refractivity contribution in [1.82, 2.24) is 5.32 Å². The van der Waals surface area contributed by atoms with Gasteiger partial charge in [-0.15, -0.1) is 0 Å². The minimum absolute atomic E-state index is 0.0345. The summed E-state index contributed by atoms with van der Waals surface area (Å²) in [6, 6.07) is 0.349. The second kappa shape index (κ2) is 12.3. The fourth-order valence-corrected chi connectivity index (χ4v) is 3.36. The quantitative estimate of drug-likeness (QED) is 0.418. The molecular formula is C18H37NO3. The van der Waals surface area contributed by atoms with Crippen molar-refractivity contribution in [2.45, 2.75) is 108 Å². The molecule has 4 unspecified atom stereocenters. The molecule has 0 aromatic carbocycles. The molecule has 0 amide bonds. The van der Waals surface area contributed by atoms with Gasteiger partial charge in [-0.25, -0.2) is 0 Å². The molecule has 0 saturated carbocycles. The standard InChI is InChI=1S/C18H37NO3/c1-15(21)10-8-6-4-2-3-5-7-9-11-16-12-13-18(22)17(14-20)19-16/h15-22H,2-14H2,1H3. The first-order valence-corrected chi connectivity index (χ1v) is 9.36. The molecule has 4 nitrogen and oxygen atoms in total. The number of aliphatic hydroxyl groups is 3. The highest BCUT2D eigenvalue weighted by molar-refractivity contribution is 4.86. The predicted octanol–water partition coefficient (Wildman–Crippen LogP) is 2.74. The fourth-order valence-electron chi connectivity index (χ4n) is 3.36. The highest BCUT2D eigenvalue weighted by Crippen LogP contribution is 2.18. The smallest absolute Gasteiger partial charge is 0.0716 e. The summed E-state index contributed by atoms with van der Waals surface area (Å²) in [5.74, 6) is 0. The van der Waals surface area contributed by atoms with Crippen LogP contribution in [0.25, 0.3) is 0 Å². The van der Waals surface area contributed by atoms with E-state index in [0.29, 0.717) is 6.04 Å². The van der Waals surface area contributed by atoms with Crippen molar-refractivity contribution in [3.8, 4) is 0 Å². The van der Waals surface area contributed by atoms with Gasteiger partial charge >= 0.3 is 0 Å². The van der Waals surface area contributed by atoms with Gasteiger partial charge in [-0.3, -0.25) is 0 Å². The Morgan fingerprint density at radius 1 is 0.955 bits per heavy atom. The van der Waals surface area contributed by atoms with E-state index in [-0.39, 0.29) is 24.9 Å². The van der Waals surface area contributed by atoms with E-state index in [4.69, 9.17) is 0 Å². The minimum Gasteiger partial charge on any atom is -0.395 e. The van der Waals surface area contributed by atoms with Gasteiger partial charge in [0.1, 0.15) is 0 Å². The van der Waals surface area contributed by atoms with E-state index in [1.807, 2.05) is 6.92 Å². The maximum absolute atomic E-state index is 9.71. The van der Waals surface area contributed by atoms with Gasteiger partial charge in [0.05, 0.1) is 24.9 Å². The van der Waals surface area contributed by atoms with Gasteiger partial charge in [-0.1, -0.05) is 51.4 Å². The van der Waals surface area contributed by atoms with E-state index in [9.17, 15) is 15.3 Å². The molecule has 0 bridgehead atoms. The average Bonchev–Trinajstić information content (AvgIpc) is 2.50. The van der Waals surface area contributed by atoms with Gasteiger partial charge in [0.15, 0.2) is 0 Å². The second-order valence-corrected chi connectivity index (χ2v) is 7.05. The van der Waals surface area contributed by atoms with Crippen LogP contribution in [0, 0.1) is 0 Å². The maximum atomic E-state index is 9.71. The molecule has 1 fully saturated rings. The molecule has 22 heavy (non-hydrogen) atoms. The van der Waals surface area contributed by atoms with E-state index in [2.05, 4.69) is 5.32 Å². The molecule has 0 aromatic heterocycles. The molecule has 132 valence electrons. The average molecular weight is 315 g/mol. The number of piperidine rings is 1. The minimum atomic E-state index is -0.380. The van der Waals surface area contributed by atoms with Crippen LogP contribution >= 0.6 is 0 Å². The maximum Gasteiger partial charge on any atom is 0.0716 e. The monoisotopic (exact) mass is 315 g/mol. The third kappa shape index (κ3) is 9.09. The van der Waals surface area contributed by atoms with E-state index in [1.165, 1.54) is 44.9 Å². The summed E-state index contributed by atoms with van der Waals surface area (Å²) in [6.45, 7) is 1.90. The molecule has 0 spiro atoms. The lowest BCUT2D eigenvalue weighted by Crippen LogP contribution is -2.52. The van der Waals surface area contributed by atoms with Crippen molar-refractivity contribution in [3.05, 3.63) is 0 Å². The molecule has 4 atom stereocenters. The Bertz CT molecular complexity index is 261. The van der Waals surface area contributed by atoms with Gasteiger partial charge in [0.25, 0.3) is 0 Å². The third-order valence-electron chi connectivity index (χ3n) is 4.85. The van der Waals surface area contributed by atoms with Crippen LogP contribution in [0.15, 0.2) is 0 Å². The van der Waals surface area contributed by atoms with Gasteiger partial charge < -0.3 is 20.6 Å². The first kappa shape index (κ1) is 19.9. The van der Waals surface area contributed by atoms with Crippen molar-refractivity contribution in [1.29, 1.82) is 0 Å². The van der Waals surface area contributed by atoms with E-state index in [1.54, 1.807) is 0 Å². The summed E-state index contributed by atoms with van der Waals surface area (Å²) >= 11 is 0. The lowest BCUT2D eigenvalue weighted by Gasteiger charge is -2.34. The van der Waals surface area contributed by atoms with E-state index >= 15 is 0 Å². The lowest BCUT2D eigenvalue weighted by atomic mass is 9.93. The molecule has 4 heteroatoms. The number of rotatable bonds is 12. The highest BCUT2D eigenvalue weighted by Gasteiger charge is 2.27. The van der Waals surface area contributed by atoms with E-state index in [0.717, 1.165) is 32.1 Å². The van der Waals surface area contributed by atoms with Crippen LogP contribution in [0.3, 0.4) is 0 Å². The Morgan fingerprint density at radius 2 is 1.55 bits per heavy atom. The molecule has 0 aliphatic carbocycles. The van der Waals surface area contributed by atoms with Gasteiger partial charge in [-0.2, -0.15) is 0 Å². The molecule has 0 radical (unpaired) electrons. The van der Waals surface area contributed by atoms with Crippen LogP contribution in [-0.4, -0.2) is 46.2 Å². The largest absolute Gasteiger partial charge is 0.395 e. The van der Waals surface area contributed by atoms with Crippen molar-refractivity contribution in [2.75, 3.05) is 6.61 Å². The zero-order valence-corrected chi connectivity index (χ0v) is 14.3. The van der Waals surface area contributed by atoms with Crippen molar-refractivity contribution in [2.24, 2.45) is 0 Å². The Kier molecular flexibility index (Phi) is 11.1. The van der Waals surface area contributed by atoms with Crippen LogP contribution < -0.4 is 5.32 Å². The summed E-state index contributed by atoms with van der Waals surface area (Å²) in [4.78, 5) is 0. The topological polar surface area (TPSA) is 72.7 Å². The van der Waals surface area contributed by atoms with Crippen molar-refractivity contribution < 1.29 is 15.3 Å². The Balaban J connectivity index is 1.87. The second-order valence-electron chi connectivity index (χ2n) is 7.05. The van der Waals surface area contributed by atoms with Crippen LogP contribution in [0.5, 0.6) is 0 Å². The summed E-state index contributed by atoms with van der Waals surface area (Å²) in [5, 5.41) is 31.5. The summed E-state index contributed by atoms with van der Waals surface area (Å²) < 4.78 is 0. The van der Waals surface area contributed by atoms with Crippen LogP contribution in [0.4, 0.5) is 0 Å². The SMILES string of the molecule is CC(O)CCCCCCCCCCC1CCC(O)C(CO)N1. The normalized spacial score (nSPS) is 27.0. The first-order valence-electron chi connectivity index (χ1n) is 9.36. The zero-order chi connectivity index (χ0) is 16.2. The highest BCUT2D eigenvalue weighted by atomic mass is 16.3. The number of nitrogens with one attached hydrogen (secondary N) is 1.